The molecule has 0 bridgehead atoms. The standard InChI is InChI=1S/C12H16ClN3O3/c1-15-11(17)8-5-7(3-4-9(8)13)16-12(18)10(6-14)19-2/h3-5,10H,6,14H2,1-2H3,(H,15,17)(H,16,18). The zero-order valence-corrected chi connectivity index (χ0v) is 11.5. The van der Waals surface area contributed by atoms with Gasteiger partial charge in [0.15, 0.2) is 0 Å². The summed E-state index contributed by atoms with van der Waals surface area (Å²) < 4.78 is 4.91. The highest BCUT2D eigenvalue weighted by Gasteiger charge is 2.17. The molecule has 4 N–H and O–H groups in total. The number of benzene rings is 1. The number of carbonyl (C=O) groups excluding carboxylic acids is 2. The van der Waals surface area contributed by atoms with Crippen LogP contribution in [0.15, 0.2) is 18.2 Å². The number of halogens is 1. The third-order valence-electron chi connectivity index (χ3n) is 2.50. The number of anilines is 1. The van der Waals surface area contributed by atoms with Crippen LogP contribution in [0.2, 0.25) is 5.02 Å². The zero-order chi connectivity index (χ0) is 14.4. The van der Waals surface area contributed by atoms with Crippen LogP contribution in [0.1, 0.15) is 10.4 Å². The summed E-state index contributed by atoms with van der Waals surface area (Å²) in [6.07, 6.45) is -0.737. The van der Waals surface area contributed by atoms with Crippen LogP contribution in [0.3, 0.4) is 0 Å². The fourth-order valence-electron chi connectivity index (χ4n) is 1.44. The van der Waals surface area contributed by atoms with Crippen LogP contribution in [0.5, 0.6) is 0 Å². The number of methoxy groups -OCH3 is 1. The Morgan fingerprint density at radius 1 is 1.47 bits per heavy atom. The molecule has 1 aromatic rings. The van der Waals surface area contributed by atoms with Gasteiger partial charge in [-0.1, -0.05) is 11.6 Å². The van der Waals surface area contributed by atoms with Crippen molar-refractivity contribution in [1.29, 1.82) is 0 Å². The Morgan fingerprint density at radius 3 is 2.68 bits per heavy atom. The van der Waals surface area contributed by atoms with Gasteiger partial charge in [0.1, 0.15) is 6.10 Å². The largest absolute Gasteiger partial charge is 0.370 e. The van der Waals surface area contributed by atoms with E-state index in [9.17, 15) is 9.59 Å². The molecule has 19 heavy (non-hydrogen) atoms. The molecule has 0 aromatic heterocycles. The van der Waals surface area contributed by atoms with Gasteiger partial charge in [-0.3, -0.25) is 9.59 Å². The quantitative estimate of drug-likeness (QED) is 0.739. The third-order valence-corrected chi connectivity index (χ3v) is 2.83. The molecule has 1 rings (SSSR count). The second kappa shape index (κ2) is 7.08. The third kappa shape index (κ3) is 3.92. The lowest BCUT2D eigenvalue weighted by Crippen LogP contribution is -2.36. The van der Waals surface area contributed by atoms with E-state index in [-0.39, 0.29) is 23.9 Å². The van der Waals surface area contributed by atoms with Crippen molar-refractivity contribution < 1.29 is 14.3 Å². The lowest BCUT2D eigenvalue weighted by Gasteiger charge is -2.14. The predicted octanol–water partition coefficient (Wildman–Crippen LogP) is 0.612. The van der Waals surface area contributed by atoms with Gasteiger partial charge in [0.25, 0.3) is 11.8 Å². The van der Waals surface area contributed by atoms with Crippen molar-refractivity contribution in [2.45, 2.75) is 6.10 Å². The maximum absolute atomic E-state index is 11.8. The molecule has 104 valence electrons. The molecule has 0 aliphatic rings. The van der Waals surface area contributed by atoms with E-state index < -0.39 is 6.10 Å². The molecule has 0 heterocycles. The SMILES string of the molecule is CNC(=O)c1cc(NC(=O)C(CN)OC)ccc1Cl. The predicted molar refractivity (Wildman–Crippen MR) is 73.3 cm³/mol. The minimum atomic E-state index is -0.737. The molecule has 0 saturated carbocycles. The number of ether oxygens (including phenoxy) is 1. The van der Waals surface area contributed by atoms with Gasteiger partial charge in [0.2, 0.25) is 0 Å². The Morgan fingerprint density at radius 2 is 2.16 bits per heavy atom. The monoisotopic (exact) mass is 285 g/mol. The van der Waals surface area contributed by atoms with Crippen LogP contribution in [-0.2, 0) is 9.53 Å². The average Bonchev–Trinajstić information content (AvgIpc) is 2.41. The molecule has 0 radical (unpaired) electrons. The summed E-state index contributed by atoms with van der Waals surface area (Å²) in [6.45, 7) is 0.0677. The lowest BCUT2D eigenvalue weighted by atomic mass is 10.2. The number of nitrogens with two attached hydrogens (primary N) is 1. The topological polar surface area (TPSA) is 93.5 Å². The van der Waals surface area contributed by atoms with Crippen LogP contribution in [0.4, 0.5) is 5.69 Å². The number of amides is 2. The van der Waals surface area contributed by atoms with Gasteiger partial charge < -0.3 is 21.1 Å². The molecule has 0 aliphatic heterocycles. The first kappa shape index (κ1) is 15.4. The number of rotatable bonds is 5. The first-order chi connectivity index (χ1) is 9.03. The highest BCUT2D eigenvalue weighted by Crippen LogP contribution is 2.20. The molecular weight excluding hydrogens is 270 g/mol. The normalized spacial score (nSPS) is 11.8. The molecule has 6 nitrogen and oxygen atoms in total. The summed E-state index contributed by atoms with van der Waals surface area (Å²) in [5.74, 6) is -0.710. The fraction of sp³-hybridized carbons (Fsp3) is 0.333. The summed E-state index contributed by atoms with van der Waals surface area (Å²) in [4.78, 5) is 23.3. The van der Waals surface area contributed by atoms with Crippen molar-refractivity contribution in [2.24, 2.45) is 5.73 Å². The van der Waals surface area contributed by atoms with E-state index in [0.29, 0.717) is 10.7 Å². The van der Waals surface area contributed by atoms with Gasteiger partial charge >= 0.3 is 0 Å². The van der Waals surface area contributed by atoms with Crippen LogP contribution < -0.4 is 16.4 Å². The summed E-state index contributed by atoms with van der Waals surface area (Å²) in [6, 6.07) is 4.62. The van der Waals surface area contributed by atoms with E-state index >= 15 is 0 Å². The van der Waals surface area contributed by atoms with Crippen LogP contribution >= 0.6 is 11.6 Å². The molecule has 7 heteroatoms. The molecule has 0 spiro atoms. The van der Waals surface area contributed by atoms with Crippen LogP contribution in [-0.4, -0.2) is 38.6 Å². The number of carbonyl (C=O) groups is 2. The van der Waals surface area contributed by atoms with Crippen molar-refractivity contribution in [3.63, 3.8) is 0 Å². The summed E-state index contributed by atoms with van der Waals surface area (Å²) in [7, 11) is 2.90. The number of hydrogen-bond acceptors (Lipinski definition) is 4. The first-order valence-electron chi connectivity index (χ1n) is 5.58. The van der Waals surface area contributed by atoms with E-state index in [1.807, 2.05) is 0 Å². The Labute approximate surface area is 116 Å². The van der Waals surface area contributed by atoms with Gasteiger partial charge in [-0.25, -0.2) is 0 Å². The minimum Gasteiger partial charge on any atom is -0.370 e. The lowest BCUT2D eigenvalue weighted by molar-refractivity contribution is -0.125. The highest BCUT2D eigenvalue weighted by molar-refractivity contribution is 6.34. The molecule has 2 amide bonds. The Kier molecular flexibility index (Phi) is 5.75. The highest BCUT2D eigenvalue weighted by atomic mass is 35.5. The summed E-state index contributed by atoms with van der Waals surface area (Å²) in [5, 5.41) is 5.38. The fourth-order valence-corrected chi connectivity index (χ4v) is 1.65. The molecule has 1 aromatic carbocycles. The van der Waals surface area contributed by atoms with Crippen LogP contribution in [0.25, 0.3) is 0 Å². The number of hydrogen-bond donors (Lipinski definition) is 3. The molecule has 1 atom stereocenters. The smallest absolute Gasteiger partial charge is 0.254 e. The van der Waals surface area contributed by atoms with Gasteiger partial charge in [-0.15, -0.1) is 0 Å². The maximum Gasteiger partial charge on any atom is 0.254 e. The van der Waals surface area contributed by atoms with E-state index in [0.717, 1.165) is 0 Å². The van der Waals surface area contributed by atoms with Crippen molar-refractivity contribution >= 4 is 29.1 Å². The molecule has 0 saturated heterocycles. The van der Waals surface area contributed by atoms with Crippen molar-refractivity contribution in [3.05, 3.63) is 28.8 Å². The zero-order valence-electron chi connectivity index (χ0n) is 10.7. The molecular formula is C12H16ClN3O3. The molecule has 0 fully saturated rings. The van der Waals surface area contributed by atoms with Crippen molar-refractivity contribution in [1.82, 2.24) is 5.32 Å². The van der Waals surface area contributed by atoms with E-state index in [2.05, 4.69) is 10.6 Å². The second-order valence-electron chi connectivity index (χ2n) is 3.72. The average molecular weight is 286 g/mol. The van der Waals surface area contributed by atoms with E-state index in [1.165, 1.54) is 26.3 Å². The summed E-state index contributed by atoms with van der Waals surface area (Å²) >= 11 is 5.91. The Hall–Kier alpha value is -1.63. The first-order valence-corrected chi connectivity index (χ1v) is 5.96. The van der Waals surface area contributed by atoms with Crippen LogP contribution in [0, 0.1) is 0 Å². The summed E-state index contributed by atoms with van der Waals surface area (Å²) in [5.41, 5.74) is 6.12. The minimum absolute atomic E-state index is 0.0677. The van der Waals surface area contributed by atoms with Gasteiger partial charge in [0, 0.05) is 26.4 Å². The van der Waals surface area contributed by atoms with Crippen molar-refractivity contribution in [2.75, 3.05) is 26.0 Å². The van der Waals surface area contributed by atoms with Gasteiger partial charge in [-0.05, 0) is 18.2 Å². The van der Waals surface area contributed by atoms with E-state index in [4.69, 9.17) is 22.1 Å². The Bertz CT molecular complexity index is 475. The maximum atomic E-state index is 11.8. The second-order valence-corrected chi connectivity index (χ2v) is 4.13. The molecule has 1 unspecified atom stereocenters. The van der Waals surface area contributed by atoms with Crippen molar-refractivity contribution in [3.8, 4) is 0 Å². The number of nitrogens with one attached hydrogen (secondary N) is 2. The Balaban J connectivity index is 2.91. The molecule has 0 aliphatic carbocycles. The van der Waals surface area contributed by atoms with E-state index in [1.54, 1.807) is 6.07 Å². The van der Waals surface area contributed by atoms with Gasteiger partial charge in [0.05, 0.1) is 10.6 Å². The van der Waals surface area contributed by atoms with Gasteiger partial charge in [-0.2, -0.15) is 0 Å².